The molecule has 3 heterocycles. The zero-order chi connectivity index (χ0) is 30.7. The monoisotopic (exact) mass is 599 g/mol. The third-order valence-electron chi connectivity index (χ3n) is 11.2. The second-order valence-corrected chi connectivity index (χ2v) is 13.3. The van der Waals surface area contributed by atoms with Crippen LogP contribution in [0.3, 0.4) is 0 Å². The van der Waals surface area contributed by atoms with E-state index in [2.05, 4.69) is 150 Å². The third kappa shape index (κ3) is 3.21. The molecule has 3 aromatic heterocycles. The van der Waals surface area contributed by atoms with E-state index in [-0.39, 0.29) is 5.41 Å². The lowest BCUT2D eigenvalue weighted by Crippen LogP contribution is -2.34. The number of fused-ring (bicyclic) bond motifs is 14. The van der Waals surface area contributed by atoms with Gasteiger partial charge in [-0.25, -0.2) is 9.97 Å². The maximum absolute atomic E-state index is 5.20. The van der Waals surface area contributed by atoms with Gasteiger partial charge in [-0.3, -0.25) is 4.40 Å². The Morgan fingerprint density at radius 1 is 0.702 bits per heavy atom. The minimum absolute atomic E-state index is 0.143. The van der Waals surface area contributed by atoms with E-state index >= 15 is 0 Å². The number of hydrogen-bond donors (Lipinski definition) is 0. The summed E-state index contributed by atoms with van der Waals surface area (Å²) in [5.74, 6) is 0.769. The van der Waals surface area contributed by atoms with Crippen LogP contribution in [0.5, 0.6) is 0 Å². The van der Waals surface area contributed by atoms with Gasteiger partial charge in [0.15, 0.2) is 0 Å². The molecule has 0 N–H and O–H groups in total. The number of aromatic nitrogens is 3. The van der Waals surface area contributed by atoms with E-state index in [9.17, 15) is 0 Å². The molecule has 3 atom stereocenters. The smallest absolute Gasteiger partial charge is 0.137 e. The number of rotatable bonds is 2. The van der Waals surface area contributed by atoms with Crippen molar-refractivity contribution in [1.29, 1.82) is 0 Å². The molecule has 0 radical (unpaired) electrons. The van der Waals surface area contributed by atoms with E-state index in [1.54, 1.807) is 5.57 Å². The highest BCUT2D eigenvalue weighted by Crippen LogP contribution is 2.66. The topological polar surface area (TPSA) is 30.2 Å². The fourth-order valence-corrected chi connectivity index (χ4v) is 9.29. The highest BCUT2D eigenvalue weighted by Gasteiger charge is 2.57. The first-order valence-corrected chi connectivity index (χ1v) is 16.6. The number of para-hydroxylation sites is 1. The van der Waals surface area contributed by atoms with Crippen LogP contribution in [0.15, 0.2) is 157 Å². The maximum Gasteiger partial charge on any atom is 0.137 e. The molecule has 0 saturated carbocycles. The van der Waals surface area contributed by atoms with Crippen molar-refractivity contribution in [2.24, 2.45) is 5.92 Å². The largest absolute Gasteiger partial charge is 0.298 e. The first-order valence-electron chi connectivity index (χ1n) is 16.6. The minimum Gasteiger partial charge on any atom is -0.298 e. The Kier molecular flexibility index (Phi) is 4.94. The van der Waals surface area contributed by atoms with Crippen LogP contribution in [0.2, 0.25) is 0 Å². The standard InChI is InChI=1S/C44H29N3/c1-4-14-35-30(10-1)31-11-2-5-15-36(31)44(35)37-16-9-13-32(37)33-24-23-29(26-38(33)44)27-19-21-28(22-20-27)41-43-42(34-12-3-6-17-39(34)45-41)46-40-18-7-8-25-47(40)43/h1-15,17-26,30,35H,16H2. The van der Waals surface area contributed by atoms with Gasteiger partial charge in [0.25, 0.3) is 0 Å². The Hall–Kier alpha value is -5.80. The Bertz CT molecular complexity index is 2610. The van der Waals surface area contributed by atoms with Gasteiger partial charge in [-0.2, -0.15) is 0 Å². The summed E-state index contributed by atoms with van der Waals surface area (Å²) in [6.07, 6.45) is 17.2. The molecule has 1 spiro atoms. The van der Waals surface area contributed by atoms with Crippen molar-refractivity contribution in [3.05, 3.63) is 180 Å². The zero-order valence-electron chi connectivity index (χ0n) is 25.6. The van der Waals surface area contributed by atoms with Crippen LogP contribution >= 0.6 is 0 Å². The molecule has 220 valence electrons. The molecule has 0 saturated heterocycles. The molecule has 7 aromatic rings. The average molecular weight is 600 g/mol. The van der Waals surface area contributed by atoms with E-state index < -0.39 is 0 Å². The van der Waals surface area contributed by atoms with Crippen LogP contribution in [0.25, 0.3) is 55.5 Å². The Balaban J connectivity index is 1.08. The molecule has 3 nitrogen and oxygen atoms in total. The fraction of sp³-hybridized carbons (Fsp3) is 0.0909. The van der Waals surface area contributed by atoms with Crippen LogP contribution in [0.1, 0.15) is 34.6 Å². The lowest BCUT2D eigenvalue weighted by Gasteiger charge is -2.37. The first-order chi connectivity index (χ1) is 23.3. The van der Waals surface area contributed by atoms with Gasteiger partial charge in [0, 0.05) is 29.0 Å². The van der Waals surface area contributed by atoms with E-state index in [0.29, 0.717) is 11.8 Å². The maximum atomic E-state index is 5.20. The van der Waals surface area contributed by atoms with Crippen molar-refractivity contribution in [3.8, 4) is 22.4 Å². The van der Waals surface area contributed by atoms with Gasteiger partial charge >= 0.3 is 0 Å². The van der Waals surface area contributed by atoms with Crippen molar-refractivity contribution in [1.82, 2.24) is 14.4 Å². The molecule has 3 unspecified atom stereocenters. The molecule has 4 aromatic carbocycles. The fourth-order valence-electron chi connectivity index (χ4n) is 9.29. The molecular formula is C44H29N3. The second-order valence-electron chi connectivity index (χ2n) is 13.3. The quantitative estimate of drug-likeness (QED) is 0.198. The highest BCUT2D eigenvalue weighted by molar-refractivity contribution is 6.09. The average Bonchev–Trinajstić information content (AvgIpc) is 3.90. The van der Waals surface area contributed by atoms with E-state index in [1.807, 2.05) is 6.07 Å². The van der Waals surface area contributed by atoms with Crippen molar-refractivity contribution >= 4 is 33.2 Å². The lowest BCUT2D eigenvalue weighted by molar-refractivity contribution is 0.451. The molecule has 4 aliphatic rings. The first kappa shape index (κ1) is 25.4. The van der Waals surface area contributed by atoms with Crippen molar-refractivity contribution in [3.63, 3.8) is 0 Å². The summed E-state index contributed by atoms with van der Waals surface area (Å²) < 4.78 is 2.17. The van der Waals surface area contributed by atoms with Gasteiger partial charge < -0.3 is 0 Å². The van der Waals surface area contributed by atoms with Gasteiger partial charge in [0.2, 0.25) is 0 Å². The van der Waals surface area contributed by atoms with Crippen LogP contribution in [-0.2, 0) is 5.41 Å². The molecule has 4 aliphatic carbocycles. The van der Waals surface area contributed by atoms with Gasteiger partial charge in [0.05, 0.1) is 22.1 Å². The molecule has 0 fully saturated rings. The Morgan fingerprint density at radius 3 is 2.47 bits per heavy atom. The van der Waals surface area contributed by atoms with Gasteiger partial charge in [-0.1, -0.05) is 121 Å². The van der Waals surface area contributed by atoms with Crippen LogP contribution < -0.4 is 0 Å². The minimum atomic E-state index is -0.143. The number of hydrogen-bond acceptors (Lipinski definition) is 2. The van der Waals surface area contributed by atoms with E-state index in [4.69, 9.17) is 9.97 Å². The second kappa shape index (κ2) is 9.14. The summed E-state index contributed by atoms with van der Waals surface area (Å²) in [6, 6.07) is 39.9. The zero-order valence-corrected chi connectivity index (χ0v) is 25.6. The van der Waals surface area contributed by atoms with E-state index in [1.165, 1.54) is 39.0 Å². The van der Waals surface area contributed by atoms with Crippen molar-refractivity contribution < 1.29 is 0 Å². The highest BCUT2D eigenvalue weighted by atomic mass is 15.0. The van der Waals surface area contributed by atoms with Crippen LogP contribution in [0.4, 0.5) is 0 Å². The molecule has 0 bridgehead atoms. The summed E-state index contributed by atoms with van der Waals surface area (Å²) in [5.41, 5.74) is 17.1. The predicted octanol–water partition coefficient (Wildman–Crippen LogP) is 10.2. The summed E-state index contributed by atoms with van der Waals surface area (Å²) in [7, 11) is 0. The van der Waals surface area contributed by atoms with E-state index in [0.717, 1.165) is 45.3 Å². The number of imidazole rings is 1. The predicted molar refractivity (Wildman–Crippen MR) is 191 cm³/mol. The normalized spacial score (nSPS) is 21.7. The van der Waals surface area contributed by atoms with Crippen molar-refractivity contribution in [2.75, 3.05) is 0 Å². The van der Waals surface area contributed by atoms with Gasteiger partial charge in [-0.05, 0) is 75.2 Å². The summed E-state index contributed by atoms with van der Waals surface area (Å²) in [6.45, 7) is 0. The molecule has 0 amide bonds. The summed E-state index contributed by atoms with van der Waals surface area (Å²) in [4.78, 5) is 10.2. The SMILES string of the molecule is C1=CC2c3ccccc3C3(C4=C(C=CC4)c4ccc(-c5ccc(-c6nc7ccccc7c7nc8ccccn8c67)cc5)cc43)C2C=C1. The lowest BCUT2D eigenvalue weighted by atomic mass is 9.64. The molecule has 0 aliphatic heterocycles. The molecular weight excluding hydrogens is 571 g/mol. The van der Waals surface area contributed by atoms with Crippen LogP contribution in [-0.4, -0.2) is 14.4 Å². The number of nitrogens with zero attached hydrogens (tertiary/aromatic N) is 3. The number of benzene rings is 4. The van der Waals surface area contributed by atoms with Crippen LogP contribution in [0, 0.1) is 5.92 Å². The summed E-state index contributed by atoms with van der Waals surface area (Å²) in [5, 5.41) is 1.08. The summed E-state index contributed by atoms with van der Waals surface area (Å²) >= 11 is 0. The number of allylic oxidation sites excluding steroid dienone is 8. The third-order valence-corrected chi connectivity index (χ3v) is 11.2. The Morgan fingerprint density at radius 2 is 1.51 bits per heavy atom. The molecule has 11 rings (SSSR count). The molecule has 47 heavy (non-hydrogen) atoms. The molecule has 3 heteroatoms. The Labute approximate surface area is 272 Å². The van der Waals surface area contributed by atoms with Gasteiger partial charge in [0.1, 0.15) is 11.2 Å². The van der Waals surface area contributed by atoms with Gasteiger partial charge in [-0.15, -0.1) is 0 Å². The van der Waals surface area contributed by atoms with Crippen molar-refractivity contribution in [2.45, 2.75) is 17.8 Å². The number of pyridine rings is 2.